The van der Waals surface area contributed by atoms with Crippen LogP contribution in [0.25, 0.3) is 0 Å². The molecule has 2 rings (SSSR count). The van der Waals surface area contributed by atoms with Crippen molar-refractivity contribution in [3.05, 3.63) is 59.7 Å². The summed E-state index contributed by atoms with van der Waals surface area (Å²) in [6.45, 7) is -0.0182. The van der Waals surface area contributed by atoms with Crippen molar-refractivity contribution in [1.29, 1.82) is 0 Å². The normalized spacial score (nSPS) is 10.5. The summed E-state index contributed by atoms with van der Waals surface area (Å²) in [6.07, 6.45) is 1.02. The SMILES string of the molecule is CCc1ccc(CN(C)C(=S)Nc2ccc(OC(F)F)cc2)cc1. The van der Waals surface area contributed by atoms with Crippen LogP contribution in [0.15, 0.2) is 48.5 Å². The molecule has 0 saturated heterocycles. The molecule has 0 aromatic heterocycles. The minimum atomic E-state index is -2.82. The van der Waals surface area contributed by atoms with E-state index >= 15 is 0 Å². The van der Waals surface area contributed by atoms with E-state index in [9.17, 15) is 8.78 Å². The Bertz CT molecular complexity index is 660. The monoisotopic (exact) mass is 350 g/mol. The molecule has 2 aromatic rings. The van der Waals surface area contributed by atoms with Crippen LogP contribution in [0.3, 0.4) is 0 Å². The number of aryl methyl sites for hydroxylation is 1. The quantitative estimate of drug-likeness (QED) is 0.765. The average molecular weight is 350 g/mol. The molecule has 0 fully saturated rings. The highest BCUT2D eigenvalue weighted by molar-refractivity contribution is 7.80. The summed E-state index contributed by atoms with van der Waals surface area (Å²) in [5.41, 5.74) is 3.18. The lowest BCUT2D eigenvalue weighted by atomic mass is 10.1. The second-order valence-electron chi connectivity index (χ2n) is 5.36. The van der Waals surface area contributed by atoms with Crippen molar-refractivity contribution in [3.63, 3.8) is 0 Å². The Labute approximate surface area is 146 Å². The average Bonchev–Trinajstić information content (AvgIpc) is 2.56. The number of alkyl halides is 2. The predicted octanol–water partition coefficient (Wildman–Crippen LogP) is 4.68. The number of thiocarbonyl (C=S) groups is 1. The molecular formula is C18H20F2N2OS. The Balaban J connectivity index is 1.90. The maximum atomic E-state index is 12.1. The Morgan fingerprint density at radius 3 is 2.21 bits per heavy atom. The van der Waals surface area contributed by atoms with E-state index in [4.69, 9.17) is 12.2 Å². The van der Waals surface area contributed by atoms with Gasteiger partial charge in [-0.05, 0) is 54.0 Å². The molecule has 0 unspecified atom stereocenters. The molecule has 0 aliphatic rings. The van der Waals surface area contributed by atoms with Crippen molar-refractivity contribution >= 4 is 23.0 Å². The first-order chi connectivity index (χ1) is 11.5. The van der Waals surface area contributed by atoms with Gasteiger partial charge >= 0.3 is 6.61 Å². The van der Waals surface area contributed by atoms with E-state index < -0.39 is 6.61 Å². The summed E-state index contributed by atoms with van der Waals surface area (Å²) in [6, 6.07) is 14.6. The molecule has 0 atom stereocenters. The van der Waals surface area contributed by atoms with E-state index in [0.717, 1.165) is 12.1 Å². The van der Waals surface area contributed by atoms with E-state index in [0.29, 0.717) is 11.7 Å². The van der Waals surface area contributed by atoms with Crippen molar-refractivity contribution in [2.75, 3.05) is 12.4 Å². The molecule has 3 nitrogen and oxygen atoms in total. The van der Waals surface area contributed by atoms with Crippen LogP contribution < -0.4 is 10.1 Å². The van der Waals surface area contributed by atoms with E-state index in [1.807, 2.05) is 11.9 Å². The Morgan fingerprint density at radius 2 is 1.67 bits per heavy atom. The lowest BCUT2D eigenvalue weighted by Gasteiger charge is -2.21. The fraction of sp³-hybridized carbons (Fsp3) is 0.278. The van der Waals surface area contributed by atoms with Crippen LogP contribution in [0.5, 0.6) is 5.75 Å². The first-order valence-corrected chi connectivity index (χ1v) is 8.03. The fourth-order valence-electron chi connectivity index (χ4n) is 2.16. The van der Waals surface area contributed by atoms with Crippen LogP contribution in [-0.4, -0.2) is 23.7 Å². The van der Waals surface area contributed by atoms with Gasteiger partial charge in [-0.15, -0.1) is 0 Å². The Hall–Kier alpha value is -2.21. The zero-order valence-electron chi connectivity index (χ0n) is 13.6. The number of nitrogens with zero attached hydrogens (tertiary/aromatic N) is 1. The largest absolute Gasteiger partial charge is 0.435 e. The third kappa shape index (κ3) is 5.45. The topological polar surface area (TPSA) is 24.5 Å². The summed E-state index contributed by atoms with van der Waals surface area (Å²) in [7, 11) is 1.90. The molecule has 0 saturated carbocycles. The predicted molar refractivity (Wildman–Crippen MR) is 96.6 cm³/mol. The minimum absolute atomic E-state index is 0.117. The minimum Gasteiger partial charge on any atom is -0.435 e. The van der Waals surface area contributed by atoms with E-state index in [2.05, 4.69) is 41.2 Å². The summed E-state index contributed by atoms with van der Waals surface area (Å²) in [4.78, 5) is 1.92. The molecule has 128 valence electrons. The van der Waals surface area contributed by atoms with Crippen molar-refractivity contribution in [3.8, 4) is 5.75 Å². The maximum Gasteiger partial charge on any atom is 0.387 e. The van der Waals surface area contributed by atoms with Crippen molar-refractivity contribution < 1.29 is 13.5 Å². The molecule has 1 N–H and O–H groups in total. The van der Waals surface area contributed by atoms with Gasteiger partial charge in [0, 0.05) is 19.3 Å². The highest BCUT2D eigenvalue weighted by atomic mass is 32.1. The lowest BCUT2D eigenvalue weighted by Crippen LogP contribution is -2.30. The molecule has 6 heteroatoms. The summed E-state index contributed by atoms with van der Waals surface area (Å²) in [5.74, 6) is 0.117. The third-order valence-electron chi connectivity index (χ3n) is 3.53. The molecule has 0 aliphatic carbocycles. The van der Waals surface area contributed by atoms with Gasteiger partial charge in [-0.1, -0.05) is 31.2 Å². The molecule has 0 spiro atoms. The van der Waals surface area contributed by atoms with Crippen LogP contribution in [0.4, 0.5) is 14.5 Å². The summed E-state index contributed by atoms with van der Waals surface area (Å²) >= 11 is 5.37. The van der Waals surface area contributed by atoms with E-state index in [1.54, 1.807) is 12.1 Å². The summed E-state index contributed by atoms with van der Waals surface area (Å²) < 4.78 is 28.6. The van der Waals surface area contributed by atoms with Gasteiger partial charge in [0.15, 0.2) is 5.11 Å². The van der Waals surface area contributed by atoms with Crippen molar-refractivity contribution in [1.82, 2.24) is 4.90 Å². The number of hydrogen-bond acceptors (Lipinski definition) is 2. The Kier molecular flexibility index (Phi) is 6.49. The van der Waals surface area contributed by atoms with Crippen LogP contribution in [0.2, 0.25) is 0 Å². The van der Waals surface area contributed by atoms with Crippen molar-refractivity contribution in [2.45, 2.75) is 26.5 Å². The first kappa shape index (κ1) is 18.1. The number of nitrogens with one attached hydrogen (secondary N) is 1. The van der Waals surface area contributed by atoms with E-state index in [-0.39, 0.29) is 5.75 Å². The fourth-order valence-corrected chi connectivity index (χ4v) is 2.35. The van der Waals surface area contributed by atoms with Gasteiger partial charge < -0.3 is 15.0 Å². The van der Waals surface area contributed by atoms with Gasteiger partial charge in [0.2, 0.25) is 0 Å². The third-order valence-corrected chi connectivity index (χ3v) is 3.94. The van der Waals surface area contributed by atoms with Gasteiger partial charge in [0.05, 0.1) is 0 Å². The second kappa shape index (κ2) is 8.59. The van der Waals surface area contributed by atoms with Gasteiger partial charge in [-0.3, -0.25) is 0 Å². The first-order valence-electron chi connectivity index (χ1n) is 7.62. The molecule has 0 heterocycles. The maximum absolute atomic E-state index is 12.1. The number of benzene rings is 2. The smallest absolute Gasteiger partial charge is 0.387 e. The van der Waals surface area contributed by atoms with Crippen LogP contribution in [0.1, 0.15) is 18.1 Å². The number of anilines is 1. The summed E-state index contributed by atoms with van der Waals surface area (Å²) in [5, 5.41) is 3.63. The highest BCUT2D eigenvalue weighted by Crippen LogP contribution is 2.18. The number of halogens is 2. The molecule has 24 heavy (non-hydrogen) atoms. The number of hydrogen-bond donors (Lipinski definition) is 1. The second-order valence-corrected chi connectivity index (χ2v) is 5.75. The molecular weight excluding hydrogens is 330 g/mol. The molecule has 0 amide bonds. The van der Waals surface area contributed by atoms with Gasteiger partial charge in [0.1, 0.15) is 5.75 Å². The molecule has 0 aliphatic heterocycles. The van der Waals surface area contributed by atoms with Crippen LogP contribution in [0, 0.1) is 0 Å². The van der Waals surface area contributed by atoms with Gasteiger partial charge in [0.25, 0.3) is 0 Å². The van der Waals surface area contributed by atoms with Crippen molar-refractivity contribution in [2.24, 2.45) is 0 Å². The van der Waals surface area contributed by atoms with Gasteiger partial charge in [-0.25, -0.2) is 0 Å². The van der Waals surface area contributed by atoms with Crippen LogP contribution >= 0.6 is 12.2 Å². The number of rotatable bonds is 6. The lowest BCUT2D eigenvalue weighted by molar-refractivity contribution is -0.0498. The molecule has 2 aromatic carbocycles. The van der Waals surface area contributed by atoms with E-state index in [1.165, 1.54) is 23.3 Å². The van der Waals surface area contributed by atoms with Gasteiger partial charge in [-0.2, -0.15) is 8.78 Å². The highest BCUT2D eigenvalue weighted by Gasteiger charge is 2.07. The Morgan fingerprint density at radius 1 is 1.08 bits per heavy atom. The van der Waals surface area contributed by atoms with Crippen LogP contribution in [-0.2, 0) is 13.0 Å². The number of ether oxygens (including phenoxy) is 1. The molecule has 0 bridgehead atoms. The zero-order chi connectivity index (χ0) is 17.5. The standard InChI is InChI=1S/C18H20F2N2OS/c1-3-13-4-6-14(7-5-13)12-22(2)18(24)21-15-8-10-16(11-9-15)23-17(19)20/h4-11,17H,3,12H2,1-2H3,(H,21,24). The zero-order valence-corrected chi connectivity index (χ0v) is 14.4. The molecule has 0 radical (unpaired) electrons.